The maximum atomic E-state index is 12.4. The first-order valence-electron chi connectivity index (χ1n) is 11.9. The first-order valence-corrected chi connectivity index (χ1v) is 14.8. The third-order valence-electron chi connectivity index (χ3n) is 5.81. The summed E-state index contributed by atoms with van der Waals surface area (Å²) in [4.78, 5) is 13.7. The van der Waals surface area contributed by atoms with Crippen molar-refractivity contribution in [2.75, 3.05) is 30.4 Å². The van der Waals surface area contributed by atoms with E-state index in [2.05, 4.69) is 20.3 Å². The largest absolute Gasteiger partial charge is 0.398 e. The van der Waals surface area contributed by atoms with Crippen LogP contribution in [0.2, 0.25) is 0 Å². The number of para-hydroxylation sites is 1. The Morgan fingerprint density at radius 3 is 1.93 bits per heavy atom. The molecule has 1 heterocycles. The van der Waals surface area contributed by atoms with Crippen LogP contribution in [0.1, 0.15) is 17.0 Å². The van der Waals surface area contributed by atoms with Crippen LogP contribution in [-0.2, 0) is 20.2 Å². The van der Waals surface area contributed by atoms with Gasteiger partial charge in [0.05, 0.1) is 17.9 Å². The van der Waals surface area contributed by atoms with E-state index in [4.69, 9.17) is 5.73 Å². The molecule has 0 bridgehead atoms. The number of aliphatic hydroxyl groups excluding tert-OH is 1. The van der Waals surface area contributed by atoms with E-state index < -0.39 is 30.0 Å². The number of hydrogen-bond acceptors (Lipinski definition) is 11. The summed E-state index contributed by atoms with van der Waals surface area (Å²) in [5.41, 5.74) is 6.35. The number of rotatable bonds is 10. The Labute approximate surface area is 236 Å². The SMILES string of the molecule is CN(CCO)c1nc(Nc2ccccc2)nc(C(=C(N)c2ccccc2S(=O)(=O)O)c2ccccc2S(=O)(=O)O)n1. The molecule has 1 aromatic heterocycles. The molecule has 4 rings (SSSR count). The average Bonchev–Trinajstić information content (AvgIpc) is 2.93. The van der Waals surface area contributed by atoms with Crippen LogP contribution in [0.4, 0.5) is 17.6 Å². The number of aromatic nitrogens is 3. The normalized spacial score (nSPS) is 12.5. The molecule has 3 aromatic carbocycles. The molecule has 0 radical (unpaired) electrons. The smallest absolute Gasteiger partial charge is 0.295 e. The van der Waals surface area contributed by atoms with Crippen LogP contribution < -0.4 is 16.0 Å². The van der Waals surface area contributed by atoms with Gasteiger partial charge in [-0.25, -0.2) is 0 Å². The second-order valence-corrected chi connectivity index (χ2v) is 11.4. The Morgan fingerprint density at radius 2 is 1.34 bits per heavy atom. The van der Waals surface area contributed by atoms with E-state index in [-0.39, 0.29) is 53.3 Å². The van der Waals surface area contributed by atoms with Crippen LogP contribution in [0, 0.1) is 0 Å². The van der Waals surface area contributed by atoms with Crippen LogP contribution in [0.25, 0.3) is 11.3 Å². The zero-order valence-corrected chi connectivity index (χ0v) is 23.2. The van der Waals surface area contributed by atoms with Gasteiger partial charge in [-0.3, -0.25) is 9.11 Å². The number of anilines is 3. The molecule has 0 unspecified atom stereocenters. The van der Waals surface area contributed by atoms with E-state index in [9.17, 15) is 31.0 Å². The molecule has 6 N–H and O–H groups in total. The summed E-state index contributed by atoms with van der Waals surface area (Å²) in [6.07, 6.45) is 0. The topological polar surface area (TPSA) is 209 Å². The molecule has 0 amide bonds. The molecule has 0 fully saturated rings. The first kappa shape index (κ1) is 29.6. The van der Waals surface area contributed by atoms with Crippen LogP contribution in [0.5, 0.6) is 0 Å². The Hall–Kier alpha value is -4.41. The molecule has 13 nitrogen and oxygen atoms in total. The van der Waals surface area contributed by atoms with Gasteiger partial charge in [-0.15, -0.1) is 0 Å². The standard InChI is InChI=1S/C26H26N6O7S2/c1-32(15-16-33)26-30-24(29-25(31-26)28-17-9-3-2-4-10-17)22(18-11-5-7-13-20(18)40(34,35)36)23(27)19-12-6-8-14-21(19)41(37,38)39/h2-14,33H,15-16,27H2,1H3,(H,34,35,36)(H,37,38,39)(H,28,29,30,31). The van der Waals surface area contributed by atoms with Gasteiger partial charge in [-0.2, -0.15) is 31.8 Å². The highest BCUT2D eigenvalue weighted by molar-refractivity contribution is 7.86. The molecule has 15 heteroatoms. The lowest BCUT2D eigenvalue weighted by atomic mass is 9.99. The van der Waals surface area contributed by atoms with Crippen molar-refractivity contribution < 1.29 is 31.0 Å². The van der Waals surface area contributed by atoms with E-state index in [0.29, 0.717) is 5.69 Å². The minimum atomic E-state index is -4.82. The lowest BCUT2D eigenvalue weighted by molar-refractivity contribution is 0.303. The van der Waals surface area contributed by atoms with Gasteiger partial charge < -0.3 is 21.1 Å². The predicted molar refractivity (Wildman–Crippen MR) is 153 cm³/mol. The molecular weight excluding hydrogens is 572 g/mol. The number of likely N-dealkylation sites (N-methyl/N-ethyl adjacent to an activating group) is 1. The van der Waals surface area contributed by atoms with Crippen molar-refractivity contribution in [1.82, 2.24) is 15.0 Å². The van der Waals surface area contributed by atoms with Crippen LogP contribution in [0.15, 0.2) is 88.7 Å². The Kier molecular flexibility index (Phi) is 8.65. The second-order valence-electron chi connectivity index (χ2n) is 8.65. The minimum Gasteiger partial charge on any atom is -0.398 e. The van der Waals surface area contributed by atoms with Crippen LogP contribution in [0.3, 0.4) is 0 Å². The Bertz CT molecular complexity index is 1820. The molecule has 0 aliphatic carbocycles. The van der Waals surface area contributed by atoms with E-state index in [0.717, 1.165) is 12.1 Å². The first-order chi connectivity index (χ1) is 19.4. The van der Waals surface area contributed by atoms with E-state index in [1.54, 1.807) is 31.3 Å². The molecule has 0 aliphatic rings. The van der Waals surface area contributed by atoms with Gasteiger partial charge in [0, 0.05) is 30.4 Å². The quantitative estimate of drug-likeness (QED) is 0.131. The van der Waals surface area contributed by atoms with Crippen molar-refractivity contribution in [2.45, 2.75) is 9.79 Å². The van der Waals surface area contributed by atoms with Crippen LogP contribution in [-0.4, -0.2) is 66.2 Å². The van der Waals surface area contributed by atoms with Crippen molar-refractivity contribution >= 4 is 49.1 Å². The zero-order valence-electron chi connectivity index (χ0n) is 21.6. The Balaban J connectivity index is 2.10. The summed E-state index contributed by atoms with van der Waals surface area (Å²) in [6, 6.07) is 19.5. The maximum Gasteiger partial charge on any atom is 0.295 e. The fraction of sp³-hybridized carbons (Fsp3) is 0.115. The number of hydrogen-bond donors (Lipinski definition) is 5. The van der Waals surface area contributed by atoms with Crippen molar-refractivity contribution in [3.8, 4) is 0 Å². The van der Waals surface area contributed by atoms with Crippen molar-refractivity contribution in [2.24, 2.45) is 5.73 Å². The van der Waals surface area contributed by atoms with Gasteiger partial charge in [0.1, 0.15) is 9.79 Å². The summed E-state index contributed by atoms with van der Waals surface area (Å²) < 4.78 is 69.1. The van der Waals surface area contributed by atoms with Gasteiger partial charge in [0.25, 0.3) is 20.2 Å². The van der Waals surface area contributed by atoms with Crippen molar-refractivity contribution in [3.05, 3.63) is 95.8 Å². The minimum absolute atomic E-state index is 0.0127. The summed E-state index contributed by atoms with van der Waals surface area (Å²) in [5.74, 6) is -0.129. The van der Waals surface area contributed by atoms with Gasteiger partial charge in [-0.05, 0) is 24.3 Å². The molecule has 0 spiro atoms. The molecular formula is C26H26N6O7S2. The third kappa shape index (κ3) is 6.85. The lowest BCUT2D eigenvalue weighted by Crippen LogP contribution is -2.25. The van der Waals surface area contributed by atoms with Gasteiger partial charge in [-0.1, -0.05) is 54.6 Å². The number of benzene rings is 3. The fourth-order valence-electron chi connectivity index (χ4n) is 3.94. The molecule has 41 heavy (non-hydrogen) atoms. The third-order valence-corrected chi connectivity index (χ3v) is 7.64. The summed E-state index contributed by atoms with van der Waals surface area (Å²) in [7, 11) is -7.99. The lowest BCUT2D eigenvalue weighted by Gasteiger charge is -2.20. The fourth-order valence-corrected chi connectivity index (χ4v) is 5.34. The second kappa shape index (κ2) is 12.0. The van der Waals surface area contributed by atoms with Crippen LogP contribution >= 0.6 is 0 Å². The van der Waals surface area contributed by atoms with E-state index in [1.165, 1.54) is 41.3 Å². The molecule has 0 atom stereocenters. The van der Waals surface area contributed by atoms with E-state index in [1.807, 2.05) is 6.07 Å². The van der Waals surface area contributed by atoms with Gasteiger partial charge >= 0.3 is 0 Å². The highest BCUT2D eigenvalue weighted by Gasteiger charge is 2.27. The zero-order chi connectivity index (χ0) is 29.8. The maximum absolute atomic E-state index is 12.4. The Morgan fingerprint density at radius 1 is 0.805 bits per heavy atom. The number of nitrogens with one attached hydrogen (secondary N) is 1. The molecule has 214 valence electrons. The van der Waals surface area contributed by atoms with Gasteiger partial charge in [0.2, 0.25) is 11.9 Å². The molecule has 0 saturated heterocycles. The van der Waals surface area contributed by atoms with E-state index >= 15 is 0 Å². The van der Waals surface area contributed by atoms with Gasteiger partial charge in [0.15, 0.2) is 5.82 Å². The average molecular weight is 599 g/mol. The summed E-state index contributed by atoms with van der Waals surface area (Å²) >= 11 is 0. The summed E-state index contributed by atoms with van der Waals surface area (Å²) in [5, 5.41) is 12.5. The predicted octanol–water partition coefficient (Wildman–Crippen LogP) is 2.41. The van der Waals surface area contributed by atoms with Crippen molar-refractivity contribution in [3.63, 3.8) is 0 Å². The number of nitrogens with two attached hydrogens (primary N) is 1. The molecule has 0 saturated carbocycles. The monoisotopic (exact) mass is 598 g/mol. The highest BCUT2D eigenvalue weighted by Crippen LogP contribution is 2.35. The number of nitrogens with zero attached hydrogens (tertiary/aromatic N) is 4. The highest BCUT2D eigenvalue weighted by atomic mass is 32.2. The number of aliphatic hydroxyl groups is 1. The van der Waals surface area contributed by atoms with Crippen molar-refractivity contribution in [1.29, 1.82) is 0 Å². The molecule has 0 aliphatic heterocycles. The summed E-state index contributed by atoms with van der Waals surface area (Å²) in [6.45, 7) is -0.118. The molecule has 4 aromatic rings.